The van der Waals surface area contributed by atoms with Gasteiger partial charge in [0.1, 0.15) is 6.10 Å². The number of aliphatic hydroxyl groups excluding tert-OH is 1. The SMILES string of the molecule is C=C(C)CCC[C@@]1(C)CCC=C2[C@@H]1CC[C@@H](C)[C@]2(C)C[C@@H](OC(C)=O)C1=CC(=O)OC1O. The van der Waals surface area contributed by atoms with Crippen LogP contribution < -0.4 is 0 Å². The molecule has 0 bridgehead atoms. The number of hydrogen-bond donors (Lipinski definition) is 1. The molecule has 6 atom stereocenters. The smallest absolute Gasteiger partial charge is 0.333 e. The summed E-state index contributed by atoms with van der Waals surface area (Å²) in [5.41, 5.74) is 3.12. The van der Waals surface area contributed by atoms with Gasteiger partial charge in [-0.25, -0.2) is 4.79 Å². The second-order valence-corrected chi connectivity index (χ2v) is 10.8. The van der Waals surface area contributed by atoms with Crippen LogP contribution >= 0.6 is 0 Å². The Balaban J connectivity index is 1.89. The van der Waals surface area contributed by atoms with Gasteiger partial charge < -0.3 is 14.6 Å². The zero-order valence-electron chi connectivity index (χ0n) is 20.4. The zero-order valence-corrected chi connectivity index (χ0v) is 20.4. The third-order valence-corrected chi connectivity index (χ3v) is 8.37. The third kappa shape index (κ3) is 5.03. The summed E-state index contributed by atoms with van der Waals surface area (Å²) in [6.45, 7) is 14.5. The van der Waals surface area contributed by atoms with E-state index in [2.05, 4.69) is 40.3 Å². The van der Waals surface area contributed by atoms with E-state index in [9.17, 15) is 14.7 Å². The summed E-state index contributed by atoms with van der Waals surface area (Å²) in [6.07, 6.45) is 10.2. The van der Waals surface area contributed by atoms with E-state index < -0.39 is 24.3 Å². The summed E-state index contributed by atoms with van der Waals surface area (Å²) >= 11 is 0. The van der Waals surface area contributed by atoms with E-state index in [1.54, 1.807) is 0 Å². The van der Waals surface area contributed by atoms with Crippen molar-refractivity contribution in [2.45, 2.75) is 98.4 Å². The van der Waals surface area contributed by atoms with Crippen molar-refractivity contribution >= 4 is 11.9 Å². The number of allylic oxidation sites excluding steroid dienone is 3. The van der Waals surface area contributed by atoms with E-state index in [-0.39, 0.29) is 10.8 Å². The lowest BCUT2D eigenvalue weighted by atomic mass is 9.50. The Labute approximate surface area is 192 Å². The fourth-order valence-corrected chi connectivity index (χ4v) is 6.30. The van der Waals surface area contributed by atoms with E-state index in [0.29, 0.717) is 23.8 Å². The van der Waals surface area contributed by atoms with Crippen LogP contribution in [0.25, 0.3) is 0 Å². The van der Waals surface area contributed by atoms with Gasteiger partial charge in [-0.2, -0.15) is 0 Å². The average molecular weight is 445 g/mol. The van der Waals surface area contributed by atoms with Crippen LogP contribution in [0.1, 0.15) is 86.0 Å². The summed E-state index contributed by atoms with van der Waals surface area (Å²) in [5.74, 6) is -0.114. The highest BCUT2D eigenvalue weighted by Gasteiger charge is 2.51. The van der Waals surface area contributed by atoms with E-state index in [0.717, 1.165) is 25.7 Å². The normalized spacial score (nSPS) is 35.3. The van der Waals surface area contributed by atoms with Crippen LogP contribution in [-0.4, -0.2) is 29.4 Å². The van der Waals surface area contributed by atoms with E-state index >= 15 is 0 Å². The number of ether oxygens (including phenoxy) is 2. The molecule has 32 heavy (non-hydrogen) atoms. The zero-order chi connectivity index (χ0) is 23.7. The van der Waals surface area contributed by atoms with Crippen LogP contribution in [-0.2, 0) is 19.1 Å². The van der Waals surface area contributed by atoms with Gasteiger partial charge in [0.2, 0.25) is 6.29 Å². The molecule has 0 saturated heterocycles. The number of fused-ring (bicyclic) bond motifs is 1. The Morgan fingerprint density at radius 1 is 1.34 bits per heavy atom. The highest BCUT2D eigenvalue weighted by molar-refractivity contribution is 5.86. The molecule has 1 unspecified atom stereocenters. The molecule has 1 fully saturated rings. The minimum atomic E-state index is -1.35. The van der Waals surface area contributed by atoms with Crippen LogP contribution in [0.5, 0.6) is 0 Å². The van der Waals surface area contributed by atoms with Crippen molar-refractivity contribution in [2.75, 3.05) is 0 Å². The standard InChI is InChI=1S/C27H40O5/c1-17(2)9-7-13-26(5)14-8-10-22-21(26)12-11-18(3)27(22,6)16-23(31-19(4)28)20-15-24(29)32-25(20)30/h10,15,18,21,23,25,30H,1,7-9,11-14,16H2,2-6H3/t18-,21+,23-,25?,26+,27+/m1/s1. The maximum atomic E-state index is 11.9. The first-order valence-electron chi connectivity index (χ1n) is 12.1. The Morgan fingerprint density at radius 2 is 2.06 bits per heavy atom. The summed E-state index contributed by atoms with van der Waals surface area (Å²) in [5, 5.41) is 10.3. The lowest BCUT2D eigenvalue weighted by Gasteiger charge is -2.54. The van der Waals surface area contributed by atoms with Crippen LogP contribution in [0.4, 0.5) is 0 Å². The predicted octanol–water partition coefficient (Wildman–Crippen LogP) is 5.64. The molecule has 1 saturated carbocycles. The number of esters is 2. The fourth-order valence-electron chi connectivity index (χ4n) is 6.30. The molecule has 3 aliphatic rings. The molecule has 1 aliphatic heterocycles. The topological polar surface area (TPSA) is 72.8 Å². The minimum absolute atomic E-state index is 0.189. The highest BCUT2D eigenvalue weighted by atomic mass is 16.6. The molecule has 0 spiro atoms. The van der Waals surface area contributed by atoms with Gasteiger partial charge in [-0.3, -0.25) is 4.79 Å². The summed E-state index contributed by atoms with van der Waals surface area (Å²) < 4.78 is 10.6. The van der Waals surface area contributed by atoms with Crippen molar-refractivity contribution in [2.24, 2.45) is 22.7 Å². The molecule has 1 heterocycles. The van der Waals surface area contributed by atoms with Crippen molar-refractivity contribution in [1.29, 1.82) is 0 Å². The van der Waals surface area contributed by atoms with Gasteiger partial charge in [-0.05, 0) is 81.0 Å². The molecule has 0 aromatic heterocycles. The van der Waals surface area contributed by atoms with Crippen LogP contribution in [0, 0.1) is 22.7 Å². The summed E-state index contributed by atoms with van der Waals surface area (Å²) in [6, 6.07) is 0. The van der Waals surface area contributed by atoms with E-state index in [1.807, 2.05) is 0 Å². The molecule has 3 rings (SSSR count). The lowest BCUT2D eigenvalue weighted by Crippen LogP contribution is -2.46. The quantitative estimate of drug-likeness (QED) is 0.388. The molecule has 0 aromatic carbocycles. The summed E-state index contributed by atoms with van der Waals surface area (Å²) in [4.78, 5) is 23.6. The second-order valence-electron chi connectivity index (χ2n) is 10.8. The maximum Gasteiger partial charge on any atom is 0.333 e. The number of aliphatic hydroxyl groups is 1. The molecule has 1 N–H and O–H groups in total. The molecule has 5 heteroatoms. The molecular weight excluding hydrogens is 404 g/mol. The van der Waals surface area contributed by atoms with E-state index in [4.69, 9.17) is 9.47 Å². The van der Waals surface area contributed by atoms with E-state index in [1.165, 1.54) is 43.4 Å². The van der Waals surface area contributed by atoms with Crippen LogP contribution in [0.2, 0.25) is 0 Å². The van der Waals surface area contributed by atoms with Crippen molar-refractivity contribution in [3.63, 3.8) is 0 Å². The first-order chi connectivity index (χ1) is 15.0. The van der Waals surface area contributed by atoms with Gasteiger partial charge >= 0.3 is 11.9 Å². The number of rotatable bonds is 8. The molecule has 5 nitrogen and oxygen atoms in total. The van der Waals surface area contributed by atoms with Crippen molar-refractivity contribution < 1.29 is 24.2 Å². The Kier molecular flexibility index (Phi) is 7.38. The third-order valence-electron chi connectivity index (χ3n) is 8.37. The van der Waals surface area contributed by atoms with Crippen LogP contribution in [0.15, 0.2) is 35.5 Å². The fraction of sp³-hybridized carbons (Fsp3) is 0.704. The first kappa shape index (κ1) is 24.8. The molecule has 0 radical (unpaired) electrons. The Bertz CT molecular complexity index is 824. The molecule has 0 aromatic rings. The molecule has 2 aliphatic carbocycles. The number of carbonyl (C=O) groups is 2. The number of carbonyl (C=O) groups excluding carboxylic acids is 2. The molecular formula is C27H40O5. The van der Waals surface area contributed by atoms with Crippen molar-refractivity contribution in [1.82, 2.24) is 0 Å². The van der Waals surface area contributed by atoms with Gasteiger partial charge in [0.05, 0.1) is 0 Å². The van der Waals surface area contributed by atoms with Crippen molar-refractivity contribution in [3.05, 3.63) is 35.5 Å². The maximum absolute atomic E-state index is 11.9. The van der Waals surface area contributed by atoms with Crippen molar-refractivity contribution in [3.8, 4) is 0 Å². The Morgan fingerprint density at radius 3 is 2.66 bits per heavy atom. The highest BCUT2D eigenvalue weighted by Crippen LogP contribution is 2.60. The van der Waals surface area contributed by atoms with Gasteiger partial charge in [0.25, 0.3) is 0 Å². The second kappa shape index (κ2) is 9.54. The van der Waals surface area contributed by atoms with Gasteiger partial charge in [-0.1, -0.05) is 38.0 Å². The predicted molar refractivity (Wildman–Crippen MR) is 124 cm³/mol. The first-order valence-corrected chi connectivity index (χ1v) is 12.1. The van der Waals surface area contributed by atoms with Gasteiger partial charge in [0.15, 0.2) is 0 Å². The summed E-state index contributed by atoms with van der Waals surface area (Å²) in [7, 11) is 0. The lowest BCUT2D eigenvalue weighted by molar-refractivity contribution is -0.154. The largest absolute Gasteiger partial charge is 0.458 e. The minimum Gasteiger partial charge on any atom is -0.458 e. The number of hydrogen-bond acceptors (Lipinski definition) is 5. The molecule has 178 valence electrons. The number of cyclic esters (lactones) is 1. The Hall–Kier alpha value is -1.88. The van der Waals surface area contributed by atoms with Crippen LogP contribution in [0.3, 0.4) is 0 Å². The van der Waals surface area contributed by atoms with Gasteiger partial charge in [-0.15, -0.1) is 6.58 Å². The monoisotopic (exact) mass is 444 g/mol. The average Bonchev–Trinajstić information content (AvgIpc) is 3.02. The van der Waals surface area contributed by atoms with Gasteiger partial charge in [0, 0.05) is 18.6 Å². The molecule has 0 amide bonds.